The van der Waals surface area contributed by atoms with Gasteiger partial charge in [-0.15, -0.1) is 28.1 Å². The van der Waals surface area contributed by atoms with Gasteiger partial charge in [0.25, 0.3) is 5.91 Å². The molecule has 2 fully saturated rings. The van der Waals surface area contributed by atoms with Crippen molar-refractivity contribution in [3.8, 4) is 10.4 Å². The van der Waals surface area contributed by atoms with E-state index in [4.69, 9.17) is 4.98 Å². The van der Waals surface area contributed by atoms with E-state index in [2.05, 4.69) is 71.6 Å². The van der Waals surface area contributed by atoms with Crippen LogP contribution in [-0.2, 0) is 4.79 Å². The van der Waals surface area contributed by atoms with Crippen LogP contribution < -0.4 is 4.90 Å². The first-order chi connectivity index (χ1) is 16.1. The molecular weight excluding hydrogens is 450 g/mol. The van der Waals surface area contributed by atoms with E-state index in [0.717, 1.165) is 67.3 Å². The molecule has 0 radical (unpaired) electrons. The van der Waals surface area contributed by atoms with Crippen LogP contribution in [0.3, 0.4) is 0 Å². The number of carbonyl (C=O) groups is 1. The Labute approximate surface area is 203 Å². The van der Waals surface area contributed by atoms with Crippen LogP contribution in [0.5, 0.6) is 0 Å². The van der Waals surface area contributed by atoms with Crippen molar-refractivity contribution in [2.45, 2.75) is 6.92 Å². The third-order valence-electron chi connectivity index (χ3n) is 6.91. The molecule has 33 heavy (non-hydrogen) atoms. The van der Waals surface area contributed by atoms with Crippen molar-refractivity contribution in [3.63, 3.8) is 0 Å². The number of nitrogens with zero attached hydrogens (tertiary/aromatic N) is 5. The Hall–Kier alpha value is -2.39. The SMILES string of the molecule is Cc1nc(N2CCN([N@@+]34C=CC=C3C=C(C(=O)N3CCSC3)C4)CC2)c(-c2ccccc2)s1. The van der Waals surface area contributed by atoms with E-state index in [-0.39, 0.29) is 5.91 Å². The Bertz CT molecular complexity index is 1160. The zero-order chi connectivity index (χ0) is 22.4. The molecule has 8 heteroatoms. The number of amides is 1. The molecule has 2 saturated heterocycles. The van der Waals surface area contributed by atoms with Gasteiger partial charge in [0, 0.05) is 37.5 Å². The Morgan fingerprint density at radius 3 is 2.67 bits per heavy atom. The smallest absolute Gasteiger partial charge is 0.256 e. The van der Waals surface area contributed by atoms with Crippen LogP contribution in [0.15, 0.2) is 66.0 Å². The quantitative estimate of drug-likeness (QED) is 0.624. The van der Waals surface area contributed by atoms with E-state index in [9.17, 15) is 4.79 Å². The average Bonchev–Trinajstić information content (AvgIpc) is 3.62. The predicted octanol–water partition coefficient (Wildman–Crippen LogP) is 3.86. The molecule has 0 N–H and O–H groups in total. The first-order valence-corrected chi connectivity index (χ1v) is 13.5. The normalized spacial score (nSPS) is 24.9. The summed E-state index contributed by atoms with van der Waals surface area (Å²) in [6.07, 6.45) is 8.70. The number of hydrogen-bond acceptors (Lipinski definition) is 6. The van der Waals surface area contributed by atoms with Crippen LogP contribution in [0.25, 0.3) is 10.4 Å². The molecule has 4 aliphatic rings. The maximum Gasteiger partial charge on any atom is 0.256 e. The number of rotatable bonds is 4. The maximum atomic E-state index is 13.1. The number of thioether (sulfide) groups is 1. The van der Waals surface area contributed by atoms with Gasteiger partial charge in [-0.3, -0.25) is 4.79 Å². The monoisotopic (exact) mass is 478 g/mol. The number of hydrogen-bond donors (Lipinski definition) is 0. The number of anilines is 1. The Balaban J connectivity index is 1.18. The van der Waals surface area contributed by atoms with E-state index in [0.29, 0.717) is 4.59 Å². The van der Waals surface area contributed by atoms with Crippen LogP contribution in [0.1, 0.15) is 5.01 Å². The summed E-state index contributed by atoms with van der Waals surface area (Å²) < 4.78 is 0.664. The van der Waals surface area contributed by atoms with E-state index < -0.39 is 0 Å². The fourth-order valence-electron chi connectivity index (χ4n) is 5.22. The second kappa shape index (κ2) is 8.43. The maximum absolute atomic E-state index is 13.1. The van der Waals surface area contributed by atoms with Gasteiger partial charge in [-0.1, -0.05) is 30.3 Å². The molecule has 1 aromatic carbocycles. The molecule has 4 aliphatic heterocycles. The minimum Gasteiger partial charge on any atom is -0.352 e. The fourth-order valence-corrected chi connectivity index (χ4v) is 7.12. The van der Waals surface area contributed by atoms with Gasteiger partial charge in [0.15, 0.2) is 5.70 Å². The van der Waals surface area contributed by atoms with Crippen LogP contribution in [0.4, 0.5) is 5.82 Å². The molecule has 6 nitrogen and oxygen atoms in total. The minimum atomic E-state index is 0.213. The molecule has 0 aliphatic carbocycles. The molecule has 2 aromatic rings. The molecule has 0 unspecified atom stereocenters. The second-order valence-electron chi connectivity index (χ2n) is 8.89. The zero-order valence-corrected chi connectivity index (χ0v) is 20.4. The number of quaternary nitrogens is 1. The zero-order valence-electron chi connectivity index (χ0n) is 18.8. The summed E-state index contributed by atoms with van der Waals surface area (Å²) in [7, 11) is 0. The van der Waals surface area contributed by atoms with Gasteiger partial charge in [-0.05, 0) is 18.6 Å². The van der Waals surface area contributed by atoms with Crippen LogP contribution in [-0.4, -0.2) is 76.3 Å². The Kier molecular flexibility index (Phi) is 5.41. The molecule has 1 amide bonds. The Morgan fingerprint density at radius 1 is 1.09 bits per heavy atom. The lowest BCUT2D eigenvalue weighted by Gasteiger charge is -2.44. The standard InChI is InChI=1S/C25H28N5OS2/c1-19-26-24(23(33-19)20-6-3-2-4-7-20)27-9-11-29(12-10-27)30-14-5-8-22(30)16-21(17-30)25(31)28-13-15-32-18-28/h2-8,14,16H,9-13,15,17-18H2,1H3/q+1/t30-/m1/s1. The van der Waals surface area contributed by atoms with Crippen molar-refractivity contribution in [2.75, 3.05) is 55.8 Å². The van der Waals surface area contributed by atoms with E-state index in [1.54, 1.807) is 11.3 Å². The summed E-state index contributed by atoms with van der Waals surface area (Å²) in [6.45, 7) is 7.41. The van der Waals surface area contributed by atoms with Crippen LogP contribution >= 0.6 is 23.1 Å². The van der Waals surface area contributed by atoms with E-state index >= 15 is 0 Å². The van der Waals surface area contributed by atoms with Gasteiger partial charge in [0.05, 0.1) is 34.4 Å². The predicted molar refractivity (Wildman–Crippen MR) is 136 cm³/mol. The van der Waals surface area contributed by atoms with E-state index in [1.807, 2.05) is 16.7 Å². The lowest BCUT2D eigenvalue weighted by molar-refractivity contribution is -0.948. The summed E-state index contributed by atoms with van der Waals surface area (Å²) in [5.41, 5.74) is 3.40. The second-order valence-corrected chi connectivity index (χ2v) is 11.2. The average molecular weight is 479 g/mol. The lowest BCUT2D eigenvalue weighted by atomic mass is 10.2. The summed E-state index contributed by atoms with van der Waals surface area (Å²) in [4.78, 5) is 23.7. The van der Waals surface area contributed by atoms with Crippen molar-refractivity contribution in [1.82, 2.24) is 14.9 Å². The molecule has 5 heterocycles. The summed E-state index contributed by atoms with van der Waals surface area (Å²) in [5, 5.41) is 3.62. The van der Waals surface area contributed by atoms with Crippen LogP contribution in [0.2, 0.25) is 0 Å². The van der Waals surface area contributed by atoms with Gasteiger partial charge in [0.1, 0.15) is 18.6 Å². The number of allylic oxidation sites excluding steroid dienone is 3. The molecule has 170 valence electrons. The van der Waals surface area contributed by atoms with Crippen molar-refractivity contribution < 1.29 is 9.39 Å². The van der Waals surface area contributed by atoms with Crippen molar-refractivity contribution in [2.24, 2.45) is 0 Å². The summed E-state index contributed by atoms with van der Waals surface area (Å²) in [5.74, 6) is 3.19. The highest BCUT2D eigenvalue weighted by atomic mass is 32.2. The molecule has 0 saturated carbocycles. The van der Waals surface area contributed by atoms with Crippen molar-refractivity contribution >= 4 is 34.8 Å². The molecule has 0 bridgehead atoms. The van der Waals surface area contributed by atoms with Gasteiger partial charge >= 0.3 is 0 Å². The number of thiazole rings is 1. The number of piperazine rings is 1. The number of aromatic nitrogens is 1. The molecule has 0 spiro atoms. The molecule has 1 atom stereocenters. The highest BCUT2D eigenvalue weighted by Gasteiger charge is 2.48. The Morgan fingerprint density at radius 2 is 1.91 bits per heavy atom. The van der Waals surface area contributed by atoms with Crippen molar-refractivity contribution in [3.05, 3.63) is 71.0 Å². The minimum absolute atomic E-state index is 0.213. The number of benzene rings is 1. The van der Waals surface area contributed by atoms with Gasteiger partial charge in [0.2, 0.25) is 0 Å². The first-order valence-electron chi connectivity index (χ1n) is 11.5. The van der Waals surface area contributed by atoms with Crippen molar-refractivity contribution in [1.29, 1.82) is 0 Å². The largest absolute Gasteiger partial charge is 0.352 e. The van der Waals surface area contributed by atoms with Gasteiger partial charge < -0.3 is 9.80 Å². The van der Waals surface area contributed by atoms with Gasteiger partial charge in [-0.2, -0.15) is 4.59 Å². The van der Waals surface area contributed by atoms with E-state index in [1.165, 1.54) is 16.1 Å². The topological polar surface area (TPSA) is 39.7 Å². The molecule has 6 rings (SSSR count). The number of carbonyl (C=O) groups excluding carboxylic acids is 1. The summed E-state index contributed by atoms with van der Waals surface area (Å²) in [6, 6.07) is 10.6. The highest BCUT2D eigenvalue weighted by Crippen LogP contribution is 2.40. The molecule has 1 aromatic heterocycles. The van der Waals surface area contributed by atoms with Crippen LogP contribution in [0, 0.1) is 6.92 Å². The highest BCUT2D eigenvalue weighted by molar-refractivity contribution is 7.99. The molecular formula is C25H28N5OS2+. The number of fused-ring (bicyclic) bond motifs is 1. The third kappa shape index (κ3) is 3.65. The number of aryl methyl sites for hydroxylation is 1. The first kappa shape index (κ1) is 21.2. The lowest BCUT2D eigenvalue weighted by Crippen LogP contribution is -2.60. The fraction of sp³-hybridized carbons (Fsp3) is 0.360. The summed E-state index contributed by atoms with van der Waals surface area (Å²) >= 11 is 3.61. The third-order valence-corrected chi connectivity index (χ3v) is 8.88. The van der Waals surface area contributed by atoms with Gasteiger partial charge in [-0.25, -0.2) is 4.98 Å².